The van der Waals surface area contributed by atoms with Crippen molar-refractivity contribution in [2.45, 2.75) is 25.7 Å². The molecule has 6 rings (SSSR count). The first kappa shape index (κ1) is 20.9. The summed E-state index contributed by atoms with van der Waals surface area (Å²) in [7, 11) is 0. The number of H-pyrrole nitrogens is 1. The van der Waals surface area contributed by atoms with Gasteiger partial charge in [-0.1, -0.05) is 6.07 Å². The molecule has 9 nitrogen and oxygen atoms in total. The lowest BCUT2D eigenvalue weighted by Crippen LogP contribution is -2.13. The molecule has 1 aliphatic rings. The van der Waals surface area contributed by atoms with Crippen LogP contribution >= 0.6 is 0 Å². The van der Waals surface area contributed by atoms with Crippen LogP contribution in [-0.2, 0) is 0 Å². The van der Waals surface area contributed by atoms with Crippen molar-refractivity contribution in [3.05, 3.63) is 84.3 Å². The highest BCUT2D eigenvalue weighted by atomic mass is 16.1. The molecule has 3 N–H and O–H groups in total. The van der Waals surface area contributed by atoms with Crippen LogP contribution in [0, 0.1) is 6.92 Å². The summed E-state index contributed by atoms with van der Waals surface area (Å²) in [6, 6.07) is 13.2. The standard InChI is InChI=1S/C26H22N8O/c1-15-4-7-18(33-26(35)17-8-10-27-21(11-17)16-5-6-16)12-20(15)34-24-19(3-2-9-28-24)22-23-25(31-13-29-22)32-14-30-23/h2-4,7-14,16H,5-6H2,1H3,(H,28,34)(H,33,35)(H,29,30,31,32). The van der Waals surface area contributed by atoms with Gasteiger partial charge in [-0.05, 0) is 61.7 Å². The van der Waals surface area contributed by atoms with Crippen molar-refractivity contribution in [1.29, 1.82) is 0 Å². The van der Waals surface area contributed by atoms with Crippen LogP contribution in [0.15, 0.2) is 67.5 Å². The molecule has 0 spiro atoms. The summed E-state index contributed by atoms with van der Waals surface area (Å²) in [6.45, 7) is 2.00. The quantitative estimate of drug-likeness (QED) is 0.325. The Bertz CT molecular complexity index is 1560. The molecule has 0 radical (unpaired) electrons. The van der Waals surface area contributed by atoms with Crippen LogP contribution in [0.4, 0.5) is 17.2 Å². The molecule has 1 aliphatic carbocycles. The maximum atomic E-state index is 12.9. The molecule has 4 heterocycles. The summed E-state index contributed by atoms with van der Waals surface area (Å²) >= 11 is 0. The molecule has 0 unspecified atom stereocenters. The van der Waals surface area contributed by atoms with E-state index in [9.17, 15) is 4.79 Å². The number of amides is 1. The molecule has 35 heavy (non-hydrogen) atoms. The molecule has 0 bridgehead atoms. The van der Waals surface area contributed by atoms with Crippen molar-refractivity contribution in [1.82, 2.24) is 29.9 Å². The van der Waals surface area contributed by atoms with E-state index >= 15 is 0 Å². The number of hydrogen-bond donors (Lipinski definition) is 3. The van der Waals surface area contributed by atoms with Gasteiger partial charge < -0.3 is 15.6 Å². The highest BCUT2D eigenvalue weighted by molar-refractivity contribution is 6.04. The van der Waals surface area contributed by atoms with Crippen LogP contribution < -0.4 is 10.6 Å². The summed E-state index contributed by atoms with van der Waals surface area (Å²) in [4.78, 5) is 37.9. The van der Waals surface area contributed by atoms with Crippen molar-refractivity contribution in [2.75, 3.05) is 10.6 Å². The van der Waals surface area contributed by atoms with Gasteiger partial charge >= 0.3 is 0 Å². The topological polar surface area (TPSA) is 121 Å². The summed E-state index contributed by atoms with van der Waals surface area (Å²) in [5.41, 5.74) is 6.91. The zero-order valence-electron chi connectivity index (χ0n) is 19.0. The number of benzene rings is 1. The van der Waals surface area contributed by atoms with Gasteiger partial charge in [-0.3, -0.25) is 9.78 Å². The molecular weight excluding hydrogens is 440 g/mol. The highest BCUT2D eigenvalue weighted by Gasteiger charge is 2.25. The molecule has 1 amide bonds. The fourth-order valence-electron chi connectivity index (χ4n) is 4.01. The van der Waals surface area contributed by atoms with E-state index < -0.39 is 0 Å². The van der Waals surface area contributed by atoms with Gasteiger partial charge in [0.05, 0.1) is 6.33 Å². The zero-order valence-corrected chi connectivity index (χ0v) is 19.0. The largest absolute Gasteiger partial charge is 0.339 e. The third-order valence-corrected chi connectivity index (χ3v) is 6.07. The Labute approximate surface area is 201 Å². The van der Waals surface area contributed by atoms with E-state index in [0.717, 1.165) is 35.3 Å². The lowest BCUT2D eigenvalue weighted by atomic mass is 10.1. The van der Waals surface area contributed by atoms with Gasteiger partial charge in [0.15, 0.2) is 5.65 Å². The minimum Gasteiger partial charge on any atom is -0.339 e. The summed E-state index contributed by atoms with van der Waals surface area (Å²) < 4.78 is 0. The van der Waals surface area contributed by atoms with Gasteiger partial charge in [-0.2, -0.15) is 0 Å². The molecule has 1 saturated carbocycles. The van der Waals surface area contributed by atoms with Gasteiger partial charge in [0, 0.05) is 46.5 Å². The van der Waals surface area contributed by atoms with E-state index in [-0.39, 0.29) is 5.91 Å². The van der Waals surface area contributed by atoms with Gasteiger partial charge in [0.25, 0.3) is 5.91 Å². The molecular formula is C26H22N8O. The average molecular weight is 463 g/mol. The highest BCUT2D eigenvalue weighted by Crippen LogP contribution is 2.39. The monoisotopic (exact) mass is 462 g/mol. The Morgan fingerprint density at radius 1 is 1.00 bits per heavy atom. The summed E-state index contributed by atoms with van der Waals surface area (Å²) in [5, 5.41) is 6.41. The molecule has 172 valence electrons. The number of pyridine rings is 2. The predicted octanol–water partition coefficient (Wildman–Crippen LogP) is 4.99. The second-order valence-electron chi connectivity index (χ2n) is 8.57. The minimum absolute atomic E-state index is 0.162. The van der Waals surface area contributed by atoms with Crippen LogP contribution in [0.1, 0.15) is 40.4 Å². The minimum atomic E-state index is -0.162. The number of nitrogens with zero attached hydrogens (tertiary/aromatic N) is 5. The Morgan fingerprint density at radius 3 is 2.80 bits per heavy atom. The number of aromatic nitrogens is 6. The van der Waals surface area contributed by atoms with E-state index in [1.807, 2.05) is 43.3 Å². The van der Waals surface area contributed by atoms with Crippen LogP contribution in [0.2, 0.25) is 0 Å². The third kappa shape index (κ3) is 4.19. The fourth-order valence-corrected chi connectivity index (χ4v) is 4.01. The average Bonchev–Trinajstić information content (AvgIpc) is 3.63. The van der Waals surface area contributed by atoms with Crippen molar-refractivity contribution < 1.29 is 4.79 Å². The number of imidazole rings is 1. The van der Waals surface area contributed by atoms with E-state index in [2.05, 4.69) is 40.5 Å². The number of carbonyl (C=O) groups excluding carboxylic acids is 1. The van der Waals surface area contributed by atoms with Gasteiger partial charge in [0.1, 0.15) is 23.4 Å². The van der Waals surface area contributed by atoms with E-state index in [1.54, 1.807) is 24.8 Å². The summed E-state index contributed by atoms with van der Waals surface area (Å²) in [5.74, 6) is 0.956. The van der Waals surface area contributed by atoms with E-state index in [1.165, 1.54) is 6.33 Å². The molecule has 0 saturated heterocycles. The Hall–Kier alpha value is -4.66. The second-order valence-corrected chi connectivity index (χ2v) is 8.57. The van der Waals surface area contributed by atoms with Crippen LogP contribution in [0.5, 0.6) is 0 Å². The smallest absolute Gasteiger partial charge is 0.255 e. The number of aryl methyl sites for hydroxylation is 1. The number of rotatable bonds is 6. The molecule has 4 aromatic heterocycles. The van der Waals surface area contributed by atoms with Crippen molar-refractivity contribution in [3.8, 4) is 11.3 Å². The first-order valence-electron chi connectivity index (χ1n) is 11.4. The zero-order chi connectivity index (χ0) is 23.8. The predicted molar refractivity (Wildman–Crippen MR) is 134 cm³/mol. The van der Waals surface area contributed by atoms with Gasteiger partial charge in [-0.15, -0.1) is 0 Å². The Balaban J connectivity index is 1.28. The fraction of sp³-hybridized carbons (Fsp3) is 0.154. The molecule has 1 aromatic carbocycles. The van der Waals surface area contributed by atoms with Gasteiger partial charge in [0.2, 0.25) is 0 Å². The molecule has 0 atom stereocenters. The van der Waals surface area contributed by atoms with Crippen molar-refractivity contribution >= 4 is 34.3 Å². The first-order chi connectivity index (χ1) is 17.2. The SMILES string of the molecule is Cc1ccc(NC(=O)c2ccnc(C3CC3)c2)cc1Nc1ncccc1-c1ncnc2[nH]cnc12. The normalized spacial score (nSPS) is 13.1. The third-order valence-electron chi connectivity index (χ3n) is 6.07. The maximum Gasteiger partial charge on any atom is 0.255 e. The molecule has 5 aromatic rings. The maximum absolute atomic E-state index is 12.9. The summed E-state index contributed by atoms with van der Waals surface area (Å²) in [6.07, 6.45) is 8.80. The van der Waals surface area contributed by atoms with Gasteiger partial charge in [-0.25, -0.2) is 19.9 Å². The lowest BCUT2D eigenvalue weighted by Gasteiger charge is -2.14. The molecule has 9 heteroatoms. The number of hydrogen-bond acceptors (Lipinski definition) is 7. The molecule has 1 fully saturated rings. The van der Waals surface area contributed by atoms with E-state index in [4.69, 9.17) is 0 Å². The van der Waals surface area contributed by atoms with Crippen LogP contribution in [0.3, 0.4) is 0 Å². The second kappa shape index (κ2) is 8.60. The van der Waals surface area contributed by atoms with Crippen molar-refractivity contribution in [3.63, 3.8) is 0 Å². The lowest BCUT2D eigenvalue weighted by molar-refractivity contribution is 0.102. The first-order valence-corrected chi connectivity index (χ1v) is 11.4. The van der Waals surface area contributed by atoms with Crippen molar-refractivity contribution in [2.24, 2.45) is 0 Å². The number of carbonyl (C=O) groups is 1. The number of nitrogens with one attached hydrogen (secondary N) is 3. The van der Waals surface area contributed by atoms with Crippen LogP contribution in [-0.4, -0.2) is 35.8 Å². The van der Waals surface area contributed by atoms with E-state index in [0.29, 0.717) is 39.8 Å². The van der Waals surface area contributed by atoms with Crippen LogP contribution in [0.25, 0.3) is 22.4 Å². The number of aromatic amines is 1. The molecule has 0 aliphatic heterocycles. The number of fused-ring (bicyclic) bond motifs is 1. The Morgan fingerprint density at radius 2 is 1.91 bits per heavy atom. The Kier molecular flexibility index (Phi) is 5.14. The number of anilines is 3.